The minimum atomic E-state index is -0.470. The van der Waals surface area contributed by atoms with E-state index in [0.717, 1.165) is 51.9 Å². The molecule has 1 aromatic carbocycles. The second-order valence-electron chi connectivity index (χ2n) is 7.31. The summed E-state index contributed by atoms with van der Waals surface area (Å²) in [6, 6.07) is 5.49. The molecule has 2 heterocycles. The second-order valence-corrected chi connectivity index (χ2v) is 7.31. The van der Waals surface area contributed by atoms with E-state index < -0.39 is 4.92 Å². The number of nitro benzene ring substituents is 1. The number of anilines is 1. The Hall–Kier alpha value is -2.48. The number of benzene rings is 1. The molecule has 0 aliphatic carbocycles. The fraction of sp³-hybridized carbons (Fsp3) is 0.579. The fourth-order valence-corrected chi connectivity index (χ4v) is 3.81. The molecule has 0 aromatic heterocycles. The molecule has 2 saturated heterocycles. The average molecular weight is 374 g/mol. The Morgan fingerprint density at radius 3 is 2.26 bits per heavy atom. The van der Waals surface area contributed by atoms with Gasteiger partial charge in [-0.25, -0.2) is 0 Å². The van der Waals surface area contributed by atoms with E-state index in [1.807, 2.05) is 11.8 Å². The van der Waals surface area contributed by atoms with E-state index in [-0.39, 0.29) is 29.5 Å². The van der Waals surface area contributed by atoms with Gasteiger partial charge in [-0.1, -0.05) is 0 Å². The first kappa shape index (κ1) is 19.3. The number of rotatable bonds is 5. The molecule has 0 spiro atoms. The first-order valence-electron chi connectivity index (χ1n) is 9.54. The van der Waals surface area contributed by atoms with Crippen molar-refractivity contribution in [3.63, 3.8) is 0 Å². The van der Waals surface area contributed by atoms with Gasteiger partial charge in [0.25, 0.3) is 5.69 Å². The van der Waals surface area contributed by atoms with Gasteiger partial charge in [-0.2, -0.15) is 0 Å². The number of nitrogens with zero attached hydrogens (tertiary/aromatic N) is 3. The second kappa shape index (κ2) is 8.47. The molecule has 1 N–H and O–H groups in total. The molecule has 8 heteroatoms. The summed E-state index contributed by atoms with van der Waals surface area (Å²) in [6.45, 7) is 5.06. The normalized spacial score (nSPS) is 19.7. The summed E-state index contributed by atoms with van der Waals surface area (Å²) in [6.07, 6.45) is 3.77. The SMILES string of the molecule is CC(C(=O)Nc1ccc([N+](=O)[O-])cc1)N1CCC(C(=O)N2CCCC2)CC1. The number of piperidine rings is 1. The third-order valence-corrected chi connectivity index (χ3v) is 5.57. The van der Waals surface area contributed by atoms with Crippen LogP contribution in [0.2, 0.25) is 0 Å². The van der Waals surface area contributed by atoms with Crippen molar-refractivity contribution < 1.29 is 14.5 Å². The number of hydrogen-bond acceptors (Lipinski definition) is 5. The summed E-state index contributed by atoms with van der Waals surface area (Å²) in [5.41, 5.74) is 0.530. The van der Waals surface area contributed by atoms with Crippen molar-refractivity contribution in [2.75, 3.05) is 31.5 Å². The van der Waals surface area contributed by atoms with Gasteiger partial charge in [-0.05, 0) is 57.8 Å². The van der Waals surface area contributed by atoms with Crippen LogP contribution in [0.1, 0.15) is 32.6 Å². The molecular weight excluding hydrogens is 348 g/mol. The molecule has 1 aromatic rings. The number of non-ortho nitro benzene ring substituents is 1. The third-order valence-electron chi connectivity index (χ3n) is 5.57. The van der Waals surface area contributed by atoms with E-state index in [1.54, 1.807) is 0 Å². The zero-order valence-electron chi connectivity index (χ0n) is 15.6. The first-order valence-corrected chi connectivity index (χ1v) is 9.54. The quantitative estimate of drug-likeness (QED) is 0.630. The maximum atomic E-state index is 12.5. The standard InChI is InChI=1S/C19H26N4O4/c1-14(18(24)20-16-4-6-17(7-5-16)23(26)27)21-12-8-15(9-13-21)19(25)22-10-2-3-11-22/h4-7,14-15H,2-3,8-13H2,1H3,(H,20,24). The van der Waals surface area contributed by atoms with Crippen LogP contribution in [0, 0.1) is 16.0 Å². The zero-order valence-corrected chi connectivity index (χ0v) is 15.6. The maximum Gasteiger partial charge on any atom is 0.269 e. The maximum absolute atomic E-state index is 12.5. The van der Waals surface area contributed by atoms with Crippen molar-refractivity contribution in [2.24, 2.45) is 5.92 Å². The highest BCUT2D eigenvalue weighted by molar-refractivity contribution is 5.94. The van der Waals surface area contributed by atoms with Gasteiger partial charge in [0.05, 0.1) is 11.0 Å². The van der Waals surface area contributed by atoms with Crippen molar-refractivity contribution in [1.82, 2.24) is 9.80 Å². The minimum absolute atomic E-state index is 0.00853. The van der Waals surface area contributed by atoms with E-state index in [0.29, 0.717) is 5.69 Å². The number of nitrogens with one attached hydrogen (secondary N) is 1. The summed E-state index contributed by atoms with van der Waals surface area (Å²) in [4.78, 5) is 39.3. The number of nitro groups is 1. The number of carbonyl (C=O) groups excluding carboxylic acids is 2. The first-order chi connectivity index (χ1) is 13.0. The Balaban J connectivity index is 1.49. The lowest BCUT2D eigenvalue weighted by Crippen LogP contribution is -2.48. The van der Waals surface area contributed by atoms with Gasteiger partial charge in [-0.3, -0.25) is 24.6 Å². The smallest absolute Gasteiger partial charge is 0.269 e. The Bertz CT molecular complexity index is 692. The van der Waals surface area contributed by atoms with Gasteiger partial charge in [0.1, 0.15) is 0 Å². The van der Waals surface area contributed by atoms with Gasteiger partial charge in [-0.15, -0.1) is 0 Å². The Morgan fingerprint density at radius 1 is 1.11 bits per heavy atom. The molecule has 1 atom stereocenters. The van der Waals surface area contributed by atoms with Crippen LogP contribution in [0.25, 0.3) is 0 Å². The van der Waals surface area contributed by atoms with Gasteiger partial charge in [0.15, 0.2) is 0 Å². The van der Waals surface area contributed by atoms with Crippen LogP contribution in [0.5, 0.6) is 0 Å². The van der Waals surface area contributed by atoms with E-state index in [4.69, 9.17) is 0 Å². The molecule has 1 unspecified atom stereocenters. The van der Waals surface area contributed by atoms with E-state index >= 15 is 0 Å². The largest absolute Gasteiger partial charge is 0.342 e. The monoisotopic (exact) mass is 374 g/mol. The molecular formula is C19H26N4O4. The predicted octanol–water partition coefficient (Wildman–Crippen LogP) is 2.26. The molecule has 8 nitrogen and oxygen atoms in total. The van der Waals surface area contributed by atoms with Crippen LogP contribution < -0.4 is 5.32 Å². The Morgan fingerprint density at radius 2 is 1.70 bits per heavy atom. The fourth-order valence-electron chi connectivity index (χ4n) is 3.81. The van der Waals surface area contributed by atoms with Crippen molar-refractivity contribution in [3.05, 3.63) is 34.4 Å². The molecule has 2 aliphatic heterocycles. The van der Waals surface area contributed by atoms with Gasteiger partial charge in [0, 0.05) is 36.8 Å². The predicted molar refractivity (Wildman–Crippen MR) is 101 cm³/mol. The molecule has 0 bridgehead atoms. The molecule has 146 valence electrons. The highest BCUT2D eigenvalue weighted by atomic mass is 16.6. The average Bonchev–Trinajstić information content (AvgIpc) is 3.22. The van der Waals surface area contributed by atoms with Gasteiger partial charge < -0.3 is 10.2 Å². The summed E-state index contributed by atoms with van der Waals surface area (Å²) in [5, 5.41) is 13.5. The third kappa shape index (κ3) is 4.63. The van der Waals surface area contributed by atoms with Crippen LogP contribution in [0.3, 0.4) is 0 Å². The molecule has 2 aliphatic rings. The topological polar surface area (TPSA) is 95.8 Å². The highest BCUT2D eigenvalue weighted by Gasteiger charge is 2.32. The molecule has 3 rings (SSSR count). The summed E-state index contributed by atoms with van der Waals surface area (Å²) in [5.74, 6) is 0.201. The van der Waals surface area contributed by atoms with Crippen molar-refractivity contribution >= 4 is 23.2 Å². The van der Waals surface area contributed by atoms with E-state index in [9.17, 15) is 19.7 Å². The summed E-state index contributed by atoms with van der Waals surface area (Å²) in [7, 11) is 0. The van der Waals surface area contributed by atoms with Crippen LogP contribution >= 0.6 is 0 Å². The van der Waals surface area contributed by atoms with Crippen molar-refractivity contribution in [1.29, 1.82) is 0 Å². The number of hydrogen-bond donors (Lipinski definition) is 1. The highest BCUT2D eigenvalue weighted by Crippen LogP contribution is 2.24. The lowest BCUT2D eigenvalue weighted by molar-refractivity contribution is -0.384. The van der Waals surface area contributed by atoms with Crippen molar-refractivity contribution in [3.8, 4) is 0 Å². The Kier molecular flexibility index (Phi) is 6.05. The molecule has 0 saturated carbocycles. The summed E-state index contributed by atoms with van der Waals surface area (Å²) >= 11 is 0. The van der Waals surface area contributed by atoms with Crippen molar-refractivity contribution in [2.45, 2.75) is 38.6 Å². The van der Waals surface area contributed by atoms with E-state index in [2.05, 4.69) is 10.2 Å². The molecule has 2 amide bonds. The zero-order chi connectivity index (χ0) is 19.4. The number of likely N-dealkylation sites (tertiary alicyclic amines) is 2. The van der Waals surface area contributed by atoms with Gasteiger partial charge >= 0.3 is 0 Å². The number of amides is 2. The molecule has 2 fully saturated rings. The summed E-state index contributed by atoms with van der Waals surface area (Å²) < 4.78 is 0. The minimum Gasteiger partial charge on any atom is -0.342 e. The van der Waals surface area contributed by atoms with Crippen LogP contribution in [-0.2, 0) is 9.59 Å². The van der Waals surface area contributed by atoms with E-state index in [1.165, 1.54) is 24.3 Å². The number of carbonyl (C=O) groups is 2. The van der Waals surface area contributed by atoms with Crippen LogP contribution in [-0.4, -0.2) is 58.8 Å². The Labute approximate surface area is 158 Å². The molecule has 0 radical (unpaired) electrons. The lowest BCUT2D eigenvalue weighted by Gasteiger charge is -2.36. The van der Waals surface area contributed by atoms with Crippen LogP contribution in [0.4, 0.5) is 11.4 Å². The van der Waals surface area contributed by atoms with Crippen LogP contribution in [0.15, 0.2) is 24.3 Å². The van der Waals surface area contributed by atoms with Gasteiger partial charge in [0.2, 0.25) is 11.8 Å². The lowest BCUT2D eigenvalue weighted by atomic mass is 9.94. The molecule has 27 heavy (non-hydrogen) atoms.